The van der Waals surface area contributed by atoms with Gasteiger partial charge in [0.1, 0.15) is 11.2 Å². The molecule has 0 atom stereocenters. The molecule has 14 heavy (non-hydrogen) atoms. The Balaban J connectivity index is 2.33. The van der Waals surface area contributed by atoms with Crippen LogP contribution in [0, 0.1) is 0 Å². The third-order valence-corrected chi connectivity index (χ3v) is 4.09. The highest BCUT2D eigenvalue weighted by Gasteiger charge is 2.27. The third-order valence-electron chi connectivity index (χ3n) is 2.24. The van der Waals surface area contributed by atoms with Gasteiger partial charge in [0.15, 0.2) is 0 Å². The van der Waals surface area contributed by atoms with Crippen molar-refractivity contribution >= 4 is 10.0 Å². The summed E-state index contributed by atoms with van der Waals surface area (Å²) in [5.74, 6) is 0. The maximum Gasteiger partial charge on any atom is 0.246 e. The van der Waals surface area contributed by atoms with E-state index in [9.17, 15) is 8.42 Å². The SMILES string of the molecule is O=S(=O)(c1cncnc1)N1CCCC1. The molecule has 0 unspecified atom stereocenters. The van der Waals surface area contributed by atoms with Crippen LogP contribution in [-0.4, -0.2) is 35.8 Å². The van der Waals surface area contributed by atoms with Crippen molar-refractivity contribution < 1.29 is 8.42 Å². The van der Waals surface area contributed by atoms with Gasteiger partial charge in [0.05, 0.1) is 12.4 Å². The number of rotatable bonds is 2. The lowest BCUT2D eigenvalue weighted by molar-refractivity contribution is 0.477. The highest BCUT2D eigenvalue weighted by molar-refractivity contribution is 7.89. The van der Waals surface area contributed by atoms with Gasteiger partial charge in [0.25, 0.3) is 0 Å². The summed E-state index contributed by atoms with van der Waals surface area (Å²) >= 11 is 0. The largest absolute Gasteiger partial charge is 0.246 e. The minimum Gasteiger partial charge on any atom is -0.243 e. The molecule has 1 aliphatic rings. The molecule has 0 N–H and O–H groups in total. The van der Waals surface area contributed by atoms with E-state index < -0.39 is 10.0 Å². The van der Waals surface area contributed by atoms with Gasteiger partial charge in [-0.05, 0) is 12.8 Å². The molecule has 2 heterocycles. The Morgan fingerprint density at radius 2 is 1.71 bits per heavy atom. The average Bonchev–Trinajstić information content (AvgIpc) is 2.72. The molecule has 0 spiro atoms. The van der Waals surface area contributed by atoms with Crippen LogP contribution in [0.25, 0.3) is 0 Å². The number of aromatic nitrogens is 2. The first-order chi connectivity index (χ1) is 6.71. The molecule has 5 nitrogen and oxygen atoms in total. The topological polar surface area (TPSA) is 63.2 Å². The minimum atomic E-state index is -3.33. The van der Waals surface area contributed by atoms with E-state index in [4.69, 9.17) is 0 Å². The molecule has 0 radical (unpaired) electrons. The average molecular weight is 213 g/mol. The summed E-state index contributed by atoms with van der Waals surface area (Å²) < 4.78 is 25.2. The van der Waals surface area contributed by atoms with Gasteiger partial charge in [-0.15, -0.1) is 0 Å². The van der Waals surface area contributed by atoms with Gasteiger partial charge in [-0.2, -0.15) is 4.31 Å². The van der Waals surface area contributed by atoms with Crippen molar-refractivity contribution in [2.75, 3.05) is 13.1 Å². The highest BCUT2D eigenvalue weighted by Crippen LogP contribution is 2.18. The van der Waals surface area contributed by atoms with E-state index in [-0.39, 0.29) is 4.90 Å². The first-order valence-electron chi connectivity index (χ1n) is 4.46. The number of sulfonamides is 1. The Kier molecular flexibility index (Phi) is 2.47. The normalized spacial score (nSPS) is 18.6. The summed E-state index contributed by atoms with van der Waals surface area (Å²) in [5, 5.41) is 0. The van der Waals surface area contributed by atoms with E-state index in [1.807, 2.05) is 0 Å². The van der Waals surface area contributed by atoms with Gasteiger partial charge >= 0.3 is 0 Å². The molecule has 1 saturated heterocycles. The Bertz CT molecular complexity index is 398. The first kappa shape index (κ1) is 9.54. The standard InChI is InChI=1S/C8H11N3O2S/c12-14(13,11-3-1-2-4-11)8-5-9-7-10-6-8/h5-7H,1-4H2. The molecule has 0 bridgehead atoms. The predicted molar refractivity (Wildman–Crippen MR) is 50.0 cm³/mol. The van der Waals surface area contributed by atoms with Crippen molar-refractivity contribution in [3.05, 3.63) is 18.7 Å². The predicted octanol–water partition coefficient (Wildman–Crippen LogP) is 0.261. The van der Waals surface area contributed by atoms with Gasteiger partial charge in [0, 0.05) is 13.1 Å². The fourth-order valence-corrected chi connectivity index (χ4v) is 2.92. The summed E-state index contributed by atoms with van der Waals surface area (Å²) in [6, 6.07) is 0. The lowest BCUT2D eigenvalue weighted by atomic mass is 10.4. The van der Waals surface area contributed by atoms with Crippen LogP contribution in [0.1, 0.15) is 12.8 Å². The zero-order chi connectivity index (χ0) is 10.0. The molecule has 0 saturated carbocycles. The lowest BCUT2D eigenvalue weighted by Crippen LogP contribution is -2.27. The van der Waals surface area contributed by atoms with Crippen LogP contribution in [0.4, 0.5) is 0 Å². The maximum absolute atomic E-state index is 11.9. The second kappa shape index (κ2) is 3.62. The fourth-order valence-electron chi connectivity index (χ4n) is 1.50. The summed E-state index contributed by atoms with van der Waals surface area (Å²) in [4.78, 5) is 7.59. The summed E-state index contributed by atoms with van der Waals surface area (Å²) in [6.07, 6.45) is 5.87. The molecular formula is C8H11N3O2S. The molecule has 1 aromatic rings. The Hall–Kier alpha value is -1.01. The number of nitrogens with zero attached hydrogens (tertiary/aromatic N) is 3. The minimum absolute atomic E-state index is 0.182. The van der Waals surface area contributed by atoms with Crippen LogP contribution in [0.2, 0.25) is 0 Å². The molecule has 6 heteroatoms. The van der Waals surface area contributed by atoms with Crippen LogP contribution in [0.5, 0.6) is 0 Å². The third kappa shape index (κ3) is 1.62. The molecule has 1 aromatic heterocycles. The Morgan fingerprint density at radius 1 is 1.14 bits per heavy atom. The number of hydrogen-bond acceptors (Lipinski definition) is 4. The van der Waals surface area contributed by atoms with Gasteiger partial charge in [-0.25, -0.2) is 18.4 Å². The van der Waals surface area contributed by atoms with E-state index in [1.165, 1.54) is 23.0 Å². The van der Waals surface area contributed by atoms with E-state index in [1.54, 1.807) is 0 Å². The van der Waals surface area contributed by atoms with E-state index >= 15 is 0 Å². The highest BCUT2D eigenvalue weighted by atomic mass is 32.2. The summed E-state index contributed by atoms with van der Waals surface area (Å²) in [5.41, 5.74) is 0. The van der Waals surface area contributed by atoms with Gasteiger partial charge in [-0.3, -0.25) is 0 Å². The quantitative estimate of drug-likeness (QED) is 0.707. The number of hydrogen-bond donors (Lipinski definition) is 0. The van der Waals surface area contributed by atoms with Crippen molar-refractivity contribution in [3.63, 3.8) is 0 Å². The van der Waals surface area contributed by atoms with Crippen LogP contribution < -0.4 is 0 Å². The molecular weight excluding hydrogens is 202 g/mol. The smallest absolute Gasteiger partial charge is 0.243 e. The Morgan fingerprint density at radius 3 is 2.29 bits per heavy atom. The fraction of sp³-hybridized carbons (Fsp3) is 0.500. The molecule has 76 valence electrons. The molecule has 0 amide bonds. The lowest BCUT2D eigenvalue weighted by Gasteiger charge is -2.14. The van der Waals surface area contributed by atoms with Crippen LogP contribution in [-0.2, 0) is 10.0 Å². The molecule has 0 aromatic carbocycles. The van der Waals surface area contributed by atoms with Crippen molar-refractivity contribution in [2.24, 2.45) is 0 Å². The van der Waals surface area contributed by atoms with Crippen LogP contribution in [0.3, 0.4) is 0 Å². The second-order valence-corrected chi connectivity index (χ2v) is 5.12. The van der Waals surface area contributed by atoms with Crippen molar-refractivity contribution in [1.82, 2.24) is 14.3 Å². The van der Waals surface area contributed by atoms with E-state index in [2.05, 4.69) is 9.97 Å². The van der Waals surface area contributed by atoms with Gasteiger partial charge < -0.3 is 0 Å². The summed E-state index contributed by atoms with van der Waals surface area (Å²) in [6.45, 7) is 1.22. The van der Waals surface area contributed by atoms with Crippen molar-refractivity contribution in [1.29, 1.82) is 0 Å². The van der Waals surface area contributed by atoms with Crippen LogP contribution in [0.15, 0.2) is 23.6 Å². The van der Waals surface area contributed by atoms with Crippen molar-refractivity contribution in [3.8, 4) is 0 Å². The molecule has 0 aliphatic carbocycles. The van der Waals surface area contributed by atoms with Gasteiger partial charge in [0.2, 0.25) is 10.0 Å². The van der Waals surface area contributed by atoms with Gasteiger partial charge in [-0.1, -0.05) is 0 Å². The molecule has 2 rings (SSSR count). The molecule has 1 aliphatic heterocycles. The monoisotopic (exact) mass is 213 g/mol. The Labute approximate surface area is 82.8 Å². The van der Waals surface area contributed by atoms with Crippen LogP contribution >= 0.6 is 0 Å². The molecule has 1 fully saturated rings. The summed E-state index contributed by atoms with van der Waals surface area (Å²) in [7, 11) is -3.33. The van der Waals surface area contributed by atoms with E-state index in [0.717, 1.165) is 12.8 Å². The maximum atomic E-state index is 11.9. The van der Waals surface area contributed by atoms with E-state index in [0.29, 0.717) is 13.1 Å². The zero-order valence-electron chi connectivity index (χ0n) is 7.63. The zero-order valence-corrected chi connectivity index (χ0v) is 8.44. The van der Waals surface area contributed by atoms with Crippen molar-refractivity contribution in [2.45, 2.75) is 17.7 Å². The second-order valence-electron chi connectivity index (χ2n) is 3.19. The first-order valence-corrected chi connectivity index (χ1v) is 5.90.